The van der Waals surface area contributed by atoms with Gasteiger partial charge in [0.15, 0.2) is 10.9 Å². The van der Waals surface area contributed by atoms with Gasteiger partial charge < -0.3 is 20.3 Å². The molecule has 2 N–H and O–H groups in total. The van der Waals surface area contributed by atoms with Crippen LogP contribution in [0.5, 0.6) is 5.75 Å². The fourth-order valence-electron chi connectivity index (χ4n) is 3.53. The van der Waals surface area contributed by atoms with Gasteiger partial charge in [0, 0.05) is 40.1 Å². The van der Waals surface area contributed by atoms with Gasteiger partial charge in [-0.3, -0.25) is 0 Å². The highest BCUT2D eigenvalue weighted by molar-refractivity contribution is 9.10. The Balaban J connectivity index is 1.35. The summed E-state index contributed by atoms with van der Waals surface area (Å²) in [5, 5.41) is 18.1. The first-order chi connectivity index (χ1) is 14.1. The van der Waals surface area contributed by atoms with E-state index in [9.17, 15) is 0 Å². The maximum atomic E-state index is 5.48. The van der Waals surface area contributed by atoms with Crippen molar-refractivity contribution in [2.24, 2.45) is 0 Å². The van der Waals surface area contributed by atoms with Crippen LogP contribution in [0.3, 0.4) is 0 Å². The van der Waals surface area contributed by atoms with E-state index in [4.69, 9.17) is 17.0 Å². The summed E-state index contributed by atoms with van der Waals surface area (Å²) in [7, 11) is 1.66. The van der Waals surface area contributed by atoms with Gasteiger partial charge >= 0.3 is 0 Å². The van der Waals surface area contributed by atoms with Crippen molar-refractivity contribution >= 4 is 55.5 Å². The number of nitrogens with zero attached hydrogens (tertiary/aromatic N) is 3. The molecule has 0 unspecified atom stereocenters. The van der Waals surface area contributed by atoms with Crippen LogP contribution >= 0.6 is 28.1 Å². The first kappa shape index (κ1) is 19.8. The molecule has 0 spiro atoms. The predicted molar refractivity (Wildman–Crippen MR) is 125 cm³/mol. The van der Waals surface area contributed by atoms with Crippen LogP contribution in [-0.2, 0) is 0 Å². The van der Waals surface area contributed by atoms with Crippen molar-refractivity contribution in [3.63, 3.8) is 0 Å². The number of rotatable bonds is 4. The second-order valence-corrected chi connectivity index (χ2v) is 8.31. The molecule has 1 fully saturated rings. The number of hydrogen-bond donors (Lipinski definition) is 2. The number of anilines is 2. The molecule has 0 atom stereocenters. The number of fused-ring (bicyclic) bond motifs is 1. The van der Waals surface area contributed by atoms with Gasteiger partial charge in [-0.1, -0.05) is 22.0 Å². The summed E-state index contributed by atoms with van der Waals surface area (Å²) in [5.41, 5.74) is 0.942. The summed E-state index contributed by atoms with van der Waals surface area (Å²) in [6, 6.07) is 14.3. The molecule has 0 aliphatic carbocycles. The monoisotopic (exact) mass is 471 g/mol. The Morgan fingerprint density at radius 3 is 2.66 bits per heavy atom. The summed E-state index contributed by atoms with van der Waals surface area (Å²) in [4.78, 5) is 2.31. The number of nitrogens with one attached hydrogen (secondary N) is 2. The molecule has 0 radical (unpaired) electrons. The van der Waals surface area contributed by atoms with Crippen molar-refractivity contribution in [2.45, 2.75) is 18.9 Å². The summed E-state index contributed by atoms with van der Waals surface area (Å²) in [6.45, 7) is 1.81. The number of piperidine rings is 1. The lowest BCUT2D eigenvalue weighted by Gasteiger charge is -2.34. The lowest BCUT2D eigenvalue weighted by atomic mass is 10.0. The van der Waals surface area contributed by atoms with Crippen molar-refractivity contribution in [3.8, 4) is 5.75 Å². The molecule has 1 aliphatic heterocycles. The summed E-state index contributed by atoms with van der Waals surface area (Å²) < 4.78 is 6.23. The standard InChI is InChI=1S/C21H22BrN5OS/c1-28-18-6-4-16(5-7-18)24-21(29)25-17-8-10-27(11-9-17)20-19-12-15(22)3-2-14(19)13-23-26-20/h2-7,12-13,17H,8-11H2,1H3,(H2,24,25,29). The highest BCUT2D eigenvalue weighted by Gasteiger charge is 2.22. The van der Waals surface area contributed by atoms with Gasteiger partial charge in [-0.2, -0.15) is 5.10 Å². The van der Waals surface area contributed by atoms with Gasteiger partial charge in [0.25, 0.3) is 0 Å². The number of hydrogen-bond acceptors (Lipinski definition) is 5. The molecular weight excluding hydrogens is 450 g/mol. The minimum absolute atomic E-state index is 0.333. The second kappa shape index (κ2) is 8.92. The number of ether oxygens (including phenoxy) is 1. The van der Waals surface area contributed by atoms with Crippen LogP contribution < -0.4 is 20.3 Å². The van der Waals surface area contributed by atoms with Crippen molar-refractivity contribution in [3.05, 3.63) is 53.1 Å². The predicted octanol–water partition coefficient (Wildman–Crippen LogP) is 4.36. The van der Waals surface area contributed by atoms with E-state index in [0.717, 1.165) is 58.4 Å². The molecule has 29 heavy (non-hydrogen) atoms. The average molecular weight is 472 g/mol. The minimum Gasteiger partial charge on any atom is -0.497 e. The zero-order chi connectivity index (χ0) is 20.2. The molecule has 6 nitrogen and oxygen atoms in total. The highest BCUT2D eigenvalue weighted by atomic mass is 79.9. The van der Waals surface area contributed by atoms with Gasteiger partial charge in [0.05, 0.1) is 13.3 Å². The molecule has 2 aromatic carbocycles. The van der Waals surface area contributed by atoms with E-state index in [1.54, 1.807) is 7.11 Å². The largest absolute Gasteiger partial charge is 0.497 e. The molecule has 0 saturated carbocycles. The van der Waals surface area contributed by atoms with E-state index in [-0.39, 0.29) is 0 Å². The average Bonchev–Trinajstić information content (AvgIpc) is 2.74. The van der Waals surface area contributed by atoms with E-state index in [2.05, 4.69) is 53.8 Å². The van der Waals surface area contributed by atoms with E-state index in [1.165, 1.54) is 0 Å². The number of methoxy groups -OCH3 is 1. The molecule has 0 bridgehead atoms. The van der Waals surface area contributed by atoms with Crippen molar-refractivity contribution in [2.75, 3.05) is 30.4 Å². The topological polar surface area (TPSA) is 62.3 Å². The molecule has 3 aromatic rings. The fourth-order valence-corrected chi connectivity index (χ4v) is 4.18. The van der Waals surface area contributed by atoms with Crippen LogP contribution in [0.15, 0.2) is 53.1 Å². The number of thiocarbonyl (C=S) groups is 1. The van der Waals surface area contributed by atoms with E-state index >= 15 is 0 Å². The van der Waals surface area contributed by atoms with Crippen LogP contribution in [0, 0.1) is 0 Å². The molecule has 1 saturated heterocycles. The Hall–Kier alpha value is -2.45. The highest BCUT2D eigenvalue weighted by Crippen LogP contribution is 2.28. The fraction of sp³-hybridized carbons (Fsp3) is 0.286. The Kier molecular flexibility index (Phi) is 6.10. The minimum atomic E-state index is 0.333. The third kappa shape index (κ3) is 4.76. The van der Waals surface area contributed by atoms with Crippen LogP contribution in [0.4, 0.5) is 11.5 Å². The SMILES string of the molecule is COc1ccc(NC(=S)NC2CCN(c3nncc4ccc(Br)cc34)CC2)cc1. The molecular formula is C21H22BrN5OS. The Bertz CT molecular complexity index is 1010. The molecule has 1 aromatic heterocycles. The molecule has 0 amide bonds. The van der Waals surface area contributed by atoms with Crippen LogP contribution in [-0.4, -0.2) is 41.6 Å². The molecule has 2 heterocycles. The maximum Gasteiger partial charge on any atom is 0.170 e. The van der Waals surface area contributed by atoms with Crippen LogP contribution in [0.1, 0.15) is 12.8 Å². The Labute approximate surface area is 183 Å². The quantitative estimate of drug-likeness (QED) is 0.548. The normalized spacial score (nSPS) is 14.6. The zero-order valence-electron chi connectivity index (χ0n) is 16.1. The van der Waals surface area contributed by atoms with Gasteiger partial charge in [-0.05, 0) is 61.5 Å². The second-order valence-electron chi connectivity index (χ2n) is 6.99. The smallest absolute Gasteiger partial charge is 0.170 e. The first-order valence-electron chi connectivity index (χ1n) is 9.50. The third-order valence-electron chi connectivity index (χ3n) is 5.08. The van der Waals surface area contributed by atoms with Gasteiger partial charge in [-0.25, -0.2) is 0 Å². The number of benzene rings is 2. The van der Waals surface area contributed by atoms with Crippen LogP contribution in [0.2, 0.25) is 0 Å². The Morgan fingerprint density at radius 2 is 1.93 bits per heavy atom. The van der Waals surface area contributed by atoms with E-state index in [0.29, 0.717) is 11.2 Å². The number of halogens is 1. The summed E-state index contributed by atoms with van der Waals surface area (Å²) in [5.74, 6) is 1.77. The van der Waals surface area contributed by atoms with Crippen molar-refractivity contribution in [1.82, 2.24) is 15.5 Å². The molecule has 8 heteroatoms. The lowest BCUT2D eigenvalue weighted by molar-refractivity contribution is 0.415. The Morgan fingerprint density at radius 1 is 1.17 bits per heavy atom. The maximum absolute atomic E-state index is 5.48. The third-order valence-corrected chi connectivity index (χ3v) is 5.80. The first-order valence-corrected chi connectivity index (χ1v) is 10.7. The van der Waals surface area contributed by atoms with Crippen LogP contribution in [0.25, 0.3) is 10.8 Å². The zero-order valence-corrected chi connectivity index (χ0v) is 18.5. The molecule has 150 valence electrons. The van der Waals surface area contributed by atoms with E-state index < -0.39 is 0 Å². The van der Waals surface area contributed by atoms with Crippen molar-refractivity contribution in [1.29, 1.82) is 0 Å². The summed E-state index contributed by atoms with van der Waals surface area (Å²) in [6.07, 6.45) is 3.77. The molecule has 4 rings (SSSR count). The lowest BCUT2D eigenvalue weighted by Crippen LogP contribution is -2.46. The van der Waals surface area contributed by atoms with Gasteiger partial charge in [0.1, 0.15) is 5.75 Å². The summed E-state index contributed by atoms with van der Waals surface area (Å²) >= 11 is 9.04. The van der Waals surface area contributed by atoms with Gasteiger partial charge in [0.2, 0.25) is 0 Å². The molecule has 1 aliphatic rings. The van der Waals surface area contributed by atoms with Crippen molar-refractivity contribution < 1.29 is 4.74 Å². The van der Waals surface area contributed by atoms with Gasteiger partial charge in [-0.15, -0.1) is 5.10 Å². The number of aromatic nitrogens is 2. The van der Waals surface area contributed by atoms with E-state index in [1.807, 2.05) is 36.5 Å².